The Morgan fingerprint density at radius 1 is 1.07 bits per heavy atom. The molecule has 2 saturated heterocycles. The Bertz CT molecular complexity index is 893. The van der Waals surface area contributed by atoms with Crippen LogP contribution in [0.5, 0.6) is 5.75 Å². The predicted octanol–water partition coefficient (Wildman–Crippen LogP) is 2.39. The summed E-state index contributed by atoms with van der Waals surface area (Å²) in [4.78, 5) is 17.8. The summed E-state index contributed by atoms with van der Waals surface area (Å²) < 4.78 is 7.37. The van der Waals surface area contributed by atoms with Crippen LogP contribution < -0.4 is 4.74 Å². The summed E-state index contributed by atoms with van der Waals surface area (Å²) in [6, 6.07) is 8.70. The zero-order valence-electron chi connectivity index (χ0n) is 17.3. The highest BCUT2D eigenvalue weighted by molar-refractivity contribution is 5.91. The second-order valence-electron chi connectivity index (χ2n) is 8.69. The van der Waals surface area contributed by atoms with Gasteiger partial charge in [0.2, 0.25) is 5.82 Å². The highest BCUT2D eigenvalue weighted by Crippen LogP contribution is 2.44. The first kappa shape index (κ1) is 18.6. The second kappa shape index (κ2) is 7.44. The molecule has 0 bridgehead atoms. The third kappa shape index (κ3) is 3.21. The van der Waals surface area contributed by atoms with E-state index in [9.17, 15) is 4.79 Å². The zero-order chi connectivity index (χ0) is 20.0. The van der Waals surface area contributed by atoms with Gasteiger partial charge in [-0.05, 0) is 43.5 Å². The molecule has 2 fully saturated rings. The molecular weight excluding hydrogens is 366 g/mol. The molecule has 29 heavy (non-hydrogen) atoms. The molecular formula is C22H29N5O2. The van der Waals surface area contributed by atoms with E-state index in [1.165, 1.54) is 12.0 Å². The van der Waals surface area contributed by atoms with Crippen LogP contribution in [0.1, 0.15) is 47.3 Å². The van der Waals surface area contributed by atoms with Crippen molar-refractivity contribution in [2.45, 2.75) is 38.3 Å². The second-order valence-corrected chi connectivity index (χ2v) is 8.69. The average Bonchev–Trinajstić information content (AvgIpc) is 3.35. The van der Waals surface area contributed by atoms with Gasteiger partial charge in [-0.1, -0.05) is 18.6 Å². The molecule has 0 spiro atoms. The summed E-state index contributed by atoms with van der Waals surface area (Å²) in [6.07, 6.45) is 4.35. The fourth-order valence-corrected chi connectivity index (χ4v) is 5.51. The number of ether oxygens (including phenoxy) is 1. The first-order chi connectivity index (χ1) is 14.2. The van der Waals surface area contributed by atoms with Crippen molar-refractivity contribution >= 4 is 5.91 Å². The van der Waals surface area contributed by atoms with Crippen molar-refractivity contribution in [1.29, 1.82) is 0 Å². The molecule has 0 N–H and O–H groups in total. The molecule has 1 amide bonds. The minimum atomic E-state index is 0.0520. The van der Waals surface area contributed by atoms with Gasteiger partial charge in [-0.25, -0.2) is 0 Å². The van der Waals surface area contributed by atoms with Crippen LogP contribution in [0.25, 0.3) is 0 Å². The molecule has 1 aromatic heterocycles. The molecule has 3 atom stereocenters. The van der Waals surface area contributed by atoms with Crippen LogP contribution in [0.3, 0.4) is 0 Å². The SMILES string of the molecule is COc1ccc([C@@H]2[C@@H]3CN(C(=O)c4nnc5n4CCCCC5)C[C@@H]3CN2C)cc1. The Balaban J connectivity index is 1.35. The molecule has 0 aliphatic carbocycles. The number of benzene rings is 1. The number of amides is 1. The maximum absolute atomic E-state index is 13.3. The molecule has 4 heterocycles. The fourth-order valence-electron chi connectivity index (χ4n) is 5.51. The molecule has 3 aliphatic heterocycles. The van der Waals surface area contributed by atoms with Crippen molar-refractivity contribution < 1.29 is 9.53 Å². The van der Waals surface area contributed by atoms with Gasteiger partial charge in [-0.3, -0.25) is 9.69 Å². The van der Waals surface area contributed by atoms with Gasteiger partial charge in [0.15, 0.2) is 0 Å². The number of carbonyl (C=O) groups excluding carboxylic acids is 1. The van der Waals surface area contributed by atoms with E-state index in [4.69, 9.17) is 4.74 Å². The van der Waals surface area contributed by atoms with Gasteiger partial charge >= 0.3 is 0 Å². The van der Waals surface area contributed by atoms with Crippen LogP contribution in [0.15, 0.2) is 24.3 Å². The number of rotatable bonds is 3. The number of aryl methyl sites for hydroxylation is 1. The summed E-state index contributed by atoms with van der Waals surface area (Å²) >= 11 is 0. The van der Waals surface area contributed by atoms with E-state index < -0.39 is 0 Å². The van der Waals surface area contributed by atoms with Crippen molar-refractivity contribution in [3.8, 4) is 5.75 Å². The van der Waals surface area contributed by atoms with E-state index in [1.54, 1.807) is 7.11 Å². The summed E-state index contributed by atoms with van der Waals surface area (Å²) in [7, 11) is 3.89. The molecule has 0 radical (unpaired) electrons. The lowest BCUT2D eigenvalue weighted by Gasteiger charge is -2.27. The highest BCUT2D eigenvalue weighted by atomic mass is 16.5. The van der Waals surface area contributed by atoms with Crippen molar-refractivity contribution in [3.05, 3.63) is 41.5 Å². The van der Waals surface area contributed by atoms with Gasteiger partial charge in [0.25, 0.3) is 5.91 Å². The third-order valence-corrected chi connectivity index (χ3v) is 6.94. The average molecular weight is 396 g/mol. The quantitative estimate of drug-likeness (QED) is 0.799. The lowest BCUT2D eigenvalue weighted by atomic mass is 9.89. The van der Waals surface area contributed by atoms with Crippen LogP contribution >= 0.6 is 0 Å². The number of aromatic nitrogens is 3. The van der Waals surface area contributed by atoms with Gasteiger partial charge in [0.1, 0.15) is 11.6 Å². The van der Waals surface area contributed by atoms with E-state index in [2.05, 4.69) is 38.8 Å². The number of hydrogen-bond acceptors (Lipinski definition) is 5. The van der Waals surface area contributed by atoms with Crippen molar-refractivity contribution in [1.82, 2.24) is 24.6 Å². The van der Waals surface area contributed by atoms with Crippen molar-refractivity contribution in [2.75, 3.05) is 33.8 Å². The van der Waals surface area contributed by atoms with Gasteiger partial charge in [-0.15, -0.1) is 10.2 Å². The van der Waals surface area contributed by atoms with E-state index in [0.717, 1.165) is 57.0 Å². The lowest BCUT2D eigenvalue weighted by Crippen LogP contribution is -2.35. The molecule has 5 rings (SSSR count). The molecule has 0 unspecified atom stereocenters. The van der Waals surface area contributed by atoms with Gasteiger partial charge in [-0.2, -0.15) is 0 Å². The number of carbonyl (C=O) groups is 1. The van der Waals surface area contributed by atoms with Crippen LogP contribution in [0.4, 0.5) is 0 Å². The van der Waals surface area contributed by atoms with Crippen LogP contribution in [-0.4, -0.2) is 64.3 Å². The summed E-state index contributed by atoms with van der Waals surface area (Å²) in [5, 5.41) is 8.60. The minimum absolute atomic E-state index is 0.0520. The van der Waals surface area contributed by atoms with E-state index in [1.807, 2.05) is 17.0 Å². The number of hydrogen-bond donors (Lipinski definition) is 0. The monoisotopic (exact) mass is 395 g/mol. The molecule has 3 aliphatic rings. The van der Waals surface area contributed by atoms with Gasteiger partial charge < -0.3 is 14.2 Å². The topological polar surface area (TPSA) is 63.5 Å². The predicted molar refractivity (Wildman–Crippen MR) is 109 cm³/mol. The highest BCUT2D eigenvalue weighted by Gasteiger charge is 2.47. The number of likely N-dealkylation sites (tertiary alicyclic amines) is 2. The number of methoxy groups -OCH3 is 1. The first-order valence-corrected chi connectivity index (χ1v) is 10.7. The molecule has 0 saturated carbocycles. The Morgan fingerprint density at radius 3 is 2.69 bits per heavy atom. The molecule has 154 valence electrons. The van der Waals surface area contributed by atoms with Gasteiger partial charge in [0, 0.05) is 44.6 Å². The van der Waals surface area contributed by atoms with Crippen molar-refractivity contribution in [3.63, 3.8) is 0 Å². The largest absolute Gasteiger partial charge is 0.497 e. The fraction of sp³-hybridized carbons (Fsp3) is 0.591. The summed E-state index contributed by atoms with van der Waals surface area (Å²) in [5.74, 6) is 3.39. The Labute approximate surface area is 171 Å². The third-order valence-electron chi connectivity index (χ3n) is 6.94. The van der Waals surface area contributed by atoms with Crippen LogP contribution in [0, 0.1) is 11.8 Å². The Morgan fingerprint density at radius 2 is 1.90 bits per heavy atom. The van der Waals surface area contributed by atoms with Crippen LogP contribution in [0.2, 0.25) is 0 Å². The van der Waals surface area contributed by atoms with Crippen LogP contribution in [-0.2, 0) is 13.0 Å². The smallest absolute Gasteiger partial charge is 0.291 e. The minimum Gasteiger partial charge on any atom is -0.497 e. The summed E-state index contributed by atoms with van der Waals surface area (Å²) in [5.41, 5.74) is 1.30. The molecule has 2 aromatic rings. The summed E-state index contributed by atoms with van der Waals surface area (Å²) in [6.45, 7) is 3.47. The molecule has 7 nitrogen and oxygen atoms in total. The lowest BCUT2D eigenvalue weighted by molar-refractivity contribution is 0.0750. The maximum Gasteiger partial charge on any atom is 0.291 e. The Kier molecular flexibility index (Phi) is 4.78. The normalized spacial score (nSPS) is 26.8. The first-order valence-electron chi connectivity index (χ1n) is 10.7. The Hall–Kier alpha value is -2.41. The number of fused-ring (bicyclic) bond motifs is 2. The van der Waals surface area contributed by atoms with E-state index in [0.29, 0.717) is 23.7 Å². The molecule has 7 heteroatoms. The van der Waals surface area contributed by atoms with Crippen molar-refractivity contribution in [2.24, 2.45) is 11.8 Å². The van der Waals surface area contributed by atoms with E-state index >= 15 is 0 Å². The standard InChI is InChI=1S/C22H29N5O2/c1-25-12-16-13-26(14-18(16)20(25)15-7-9-17(29-2)10-8-15)22(28)21-24-23-19-6-4-3-5-11-27(19)21/h7-10,16,18,20H,3-6,11-14H2,1-2H3/t16-,18+,20+/m0/s1. The molecule has 1 aromatic carbocycles. The van der Waals surface area contributed by atoms with Gasteiger partial charge in [0.05, 0.1) is 7.11 Å². The zero-order valence-corrected chi connectivity index (χ0v) is 17.3. The van der Waals surface area contributed by atoms with E-state index in [-0.39, 0.29) is 5.91 Å². The number of nitrogens with zero attached hydrogens (tertiary/aromatic N) is 5. The maximum atomic E-state index is 13.3.